The van der Waals surface area contributed by atoms with Crippen LogP contribution in [0.3, 0.4) is 0 Å². The number of nitro benzene ring substituents is 1. The van der Waals surface area contributed by atoms with Crippen LogP contribution in [0.1, 0.15) is 11.7 Å². The third kappa shape index (κ3) is 3.77. The zero-order valence-corrected chi connectivity index (χ0v) is 11.1. The molecule has 2 N–H and O–H groups in total. The van der Waals surface area contributed by atoms with Crippen LogP contribution in [0.5, 0.6) is 5.75 Å². The molecule has 6 heteroatoms. The largest absolute Gasteiger partial charge is 0.483 e. The van der Waals surface area contributed by atoms with E-state index in [2.05, 4.69) is 0 Å². The van der Waals surface area contributed by atoms with Gasteiger partial charge in [0.25, 0.3) is 5.69 Å². The first-order valence-corrected chi connectivity index (χ1v) is 6.37. The first kappa shape index (κ1) is 15.0. The minimum Gasteiger partial charge on any atom is -0.483 e. The van der Waals surface area contributed by atoms with Crippen LogP contribution in [0.15, 0.2) is 54.6 Å². The molecule has 0 aliphatic heterocycles. The molecule has 0 saturated heterocycles. The van der Waals surface area contributed by atoms with E-state index in [4.69, 9.17) is 9.84 Å². The van der Waals surface area contributed by atoms with Crippen molar-refractivity contribution in [2.24, 2.45) is 0 Å². The Kier molecular flexibility index (Phi) is 4.86. The molecule has 0 spiro atoms. The molecule has 0 radical (unpaired) electrons. The Labute approximate surface area is 121 Å². The average molecular weight is 289 g/mol. The zero-order chi connectivity index (χ0) is 15.2. The van der Waals surface area contributed by atoms with Gasteiger partial charge in [0.2, 0.25) is 0 Å². The summed E-state index contributed by atoms with van der Waals surface area (Å²) in [6, 6.07) is 14.5. The van der Waals surface area contributed by atoms with Crippen LogP contribution < -0.4 is 4.74 Å². The van der Waals surface area contributed by atoms with E-state index in [1.165, 1.54) is 24.3 Å². The Hall–Kier alpha value is -2.44. The number of nitrogens with zero attached hydrogens (tertiary/aromatic N) is 1. The van der Waals surface area contributed by atoms with Crippen molar-refractivity contribution in [3.05, 3.63) is 70.3 Å². The van der Waals surface area contributed by atoms with E-state index in [-0.39, 0.29) is 5.69 Å². The fourth-order valence-corrected chi connectivity index (χ4v) is 1.90. The van der Waals surface area contributed by atoms with Crippen LogP contribution in [-0.4, -0.2) is 27.8 Å². The van der Waals surface area contributed by atoms with E-state index >= 15 is 0 Å². The molecule has 0 unspecified atom stereocenters. The minimum absolute atomic E-state index is 0.0456. The van der Waals surface area contributed by atoms with Gasteiger partial charge in [-0.2, -0.15) is 0 Å². The van der Waals surface area contributed by atoms with Gasteiger partial charge in [-0.1, -0.05) is 18.2 Å². The van der Waals surface area contributed by atoms with Gasteiger partial charge >= 0.3 is 0 Å². The lowest BCUT2D eigenvalue weighted by Gasteiger charge is -2.23. The van der Waals surface area contributed by atoms with E-state index in [0.29, 0.717) is 11.3 Å². The van der Waals surface area contributed by atoms with Gasteiger partial charge in [0.15, 0.2) is 6.10 Å². The molecule has 2 aromatic rings. The SMILES string of the molecule is O=[N+]([O-])c1ccc([C@@H](Oc2ccccc2)[C@@H](O)CO)cc1. The third-order valence-electron chi connectivity index (χ3n) is 2.98. The summed E-state index contributed by atoms with van der Waals surface area (Å²) in [5, 5.41) is 29.7. The van der Waals surface area contributed by atoms with Crippen LogP contribution in [-0.2, 0) is 0 Å². The molecule has 110 valence electrons. The summed E-state index contributed by atoms with van der Waals surface area (Å²) in [5.74, 6) is 0.536. The van der Waals surface area contributed by atoms with Crippen LogP contribution in [0, 0.1) is 10.1 Å². The molecule has 2 aromatic carbocycles. The summed E-state index contributed by atoms with van der Waals surface area (Å²) < 4.78 is 5.67. The number of benzene rings is 2. The van der Waals surface area contributed by atoms with E-state index < -0.39 is 23.7 Å². The van der Waals surface area contributed by atoms with Gasteiger partial charge < -0.3 is 14.9 Å². The average Bonchev–Trinajstić information content (AvgIpc) is 2.53. The first-order chi connectivity index (χ1) is 10.1. The van der Waals surface area contributed by atoms with Crippen LogP contribution in [0.2, 0.25) is 0 Å². The molecule has 21 heavy (non-hydrogen) atoms. The van der Waals surface area contributed by atoms with Crippen molar-refractivity contribution in [1.29, 1.82) is 0 Å². The van der Waals surface area contributed by atoms with Crippen LogP contribution >= 0.6 is 0 Å². The monoisotopic (exact) mass is 289 g/mol. The highest BCUT2D eigenvalue weighted by Gasteiger charge is 2.23. The van der Waals surface area contributed by atoms with Gasteiger partial charge in [-0.25, -0.2) is 0 Å². The van der Waals surface area contributed by atoms with E-state index in [0.717, 1.165) is 0 Å². The van der Waals surface area contributed by atoms with Crippen molar-refractivity contribution in [2.45, 2.75) is 12.2 Å². The summed E-state index contributed by atoms with van der Waals surface area (Å²) in [6.07, 6.45) is -1.94. The van der Waals surface area contributed by atoms with Crippen molar-refractivity contribution < 1.29 is 19.9 Å². The molecule has 0 amide bonds. The molecule has 0 aromatic heterocycles. The summed E-state index contributed by atoms with van der Waals surface area (Å²) in [7, 11) is 0. The second kappa shape index (κ2) is 6.83. The lowest BCUT2D eigenvalue weighted by atomic mass is 10.0. The highest BCUT2D eigenvalue weighted by Crippen LogP contribution is 2.26. The summed E-state index contributed by atoms with van der Waals surface area (Å²) in [5.41, 5.74) is 0.502. The number of aliphatic hydroxyl groups excluding tert-OH is 2. The first-order valence-electron chi connectivity index (χ1n) is 6.37. The third-order valence-corrected chi connectivity index (χ3v) is 2.98. The van der Waals surface area contributed by atoms with Gasteiger partial charge in [0.05, 0.1) is 11.5 Å². The summed E-state index contributed by atoms with van der Waals surface area (Å²) in [4.78, 5) is 10.1. The number of non-ortho nitro benzene ring substituents is 1. The zero-order valence-electron chi connectivity index (χ0n) is 11.1. The number of para-hydroxylation sites is 1. The smallest absolute Gasteiger partial charge is 0.269 e. The van der Waals surface area contributed by atoms with E-state index in [1.54, 1.807) is 24.3 Å². The lowest BCUT2D eigenvalue weighted by Crippen LogP contribution is -2.27. The van der Waals surface area contributed by atoms with Gasteiger partial charge in [-0.3, -0.25) is 10.1 Å². The maximum Gasteiger partial charge on any atom is 0.269 e. The van der Waals surface area contributed by atoms with Crippen molar-refractivity contribution >= 4 is 5.69 Å². The topological polar surface area (TPSA) is 92.8 Å². The van der Waals surface area contributed by atoms with Gasteiger partial charge in [-0.05, 0) is 29.8 Å². The fraction of sp³-hybridized carbons (Fsp3) is 0.200. The molecule has 0 saturated carbocycles. The molecule has 0 heterocycles. The number of hydrogen-bond acceptors (Lipinski definition) is 5. The van der Waals surface area contributed by atoms with Crippen molar-refractivity contribution in [3.8, 4) is 5.75 Å². The number of hydrogen-bond donors (Lipinski definition) is 2. The normalized spacial score (nSPS) is 13.4. The summed E-state index contributed by atoms with van der Waals surface area (Å²) >= 11 is 0. The van der Waals surface area contributed by atoms with Crippen molar-refractivity contribution in [3.63, 3.8) is 0 Å². The highest BCUT2D eigenvalue weighted by molar-refractivity contribution is 5.35. The van der Waals surface area contributed by atoms with E-state index in [9.17, 15) is 15.2 Å². The standard InChI is InChI=1S/C15H15NO5/c17-10-14(18)15(21-13-4-2-1-3-5-13)11-6-8-12(9-7-11)16(19)20/h1-9,14-15,17-18H,10H2/t14-,15+/m0/s1. The van der Waals surface area contributed by atoms with Gasteiger partial charge in [0, 0.05) is 12.1 Å². The number of nitro groups is 1. The highest BCUT2D eigenvalue weighted by atomic mass is 16.6. The lowest BCUT2D eigenvalue weighted by molar-refractivity contribution is -0.384. The maximum absolute atomic E-state index is 10.6. The maximum atomic E-state index is 10.6. The van der Waals surface area contributed by atoms with Crippen LogP contribution in [0.4, 0.5) is 5.69 Å². The number of ether oxygens (including phenoxy) is 1. The van der Waals surface area contributed by atoms with Crippen molar-refractivity contribution in [2.75, 3.05) is 6.61 Å². The molecule has 0 aliphatic rings. The molecular weight excluding hydrogens is 274 g/mol. The number of aliphatic hydroxyl groups is 2. The molecule has 2 atom stereocenters. The fourth-order valence-electron chi connectivity index (χ4n) is 1.90. The Bertz CT molecular complexity index is 585. The Morgan fingerprint density at radius 2 is 1.71 bits per heavy atom. The summed E-state index contributed by atoms with van der Waals surface area (Å²) in [6.45, 7) is -0.478. The molecule has 0 fully saturated rings. The van der Waals surface area contributed by atoms with Crippen LogP contribution in [0.25, 0.3) is 0 Å². The second-order valence-corrected chi connectivity index (χ2v) is 4.45. The second-order valence-electron chi connectivity index (χ2n) is 4.45. The Morgan fingerprint density at radius 3 is 2.24 bits per heavy atom. The predicted octanol–water partition coefficient (Wildman–Crippen LogP) is 2.07. The molecule has 0 aliphatic carbocycles. The van der Waals surface area contributed by atoms with Gasteiger partial charge in [0.1, 0.15) is 11.9 Å². The quantitative estimate of drug-likeness (QED) is 0.627. The molecule has 6 nitrogen and oxygen atoms in total. The van der Waals surface area contributed by atoms with Gasteiger partial charge in [-0.15, -0.1) is 0 Å². The minimum atomic E-state index is -1.13. The molecule has 0 bridgehead atoms. The Balaban J connectivity index is 2.25. The molecule has 2 rings (SSSR count). The van der Waals surface area contributed by atoms with Crippen molar-refractivity contribution in [1.82, 2.24) is 0 Å². The molecular formula is C15H15NO5. The Morgan fingerprint density at radius 1 is 1.10 bits per heavy atom. The van der Waals surface area contributed by atoms with E-state index in [1.807, 2.05) is 6.07 Å². The number of rotatable bonds is 6. The predicted molar refractivity (Wildman–Crippen MR) is 76.0 cm³/mol.